The summed E-state index contributed by atoms with van der Waals surface area (Å²) in [6.07, 6.45) is -0.802. The molecule has 0 saturated heterocycles. The second-order valence-electron chi connectivity index (χ2n) is 8.37. The third-order valence-corrected chi connectivity index (χ3v) is 4.86. The first-order chi connectivity index (χ1) is 14.8. The number of ether oxygens (including phenoxy) is 2. The van der Waals surface area contributed by atoms with Gasteiger partial charge < -0.3 is 14.8 Å². The maximum absolute atomic E-state index is 12.4. The van der Waals surface area contributed by atoms with Crippen LogP contribution < -0.4 is 5.32 Å². The van der Waals surface area contributed by atoms with E-state index >= 15 is 0 Å². The molecule has 8 heteroatoms. The molecule has 31 heavy (non-hydrogen) atoms. The minimum Gasteiger partial charge on any atom is -0.460 e. The lowest BCUT2D eigenvalue weighted by molar-refractivity contribution is -0.155. The molecule has 2 aromatic rings. The fraction of sp³-hybridized carbons (Fsp3) is 0.391. The van der Waals surface area contributed by atoms with Crippen LogP contribution in [-0.4, -0.2) is 36.9 Å². The van der Waals surface area contributed by atoms with Crippen LogP contribution in [0.2, 0.25) is 0 Å². The van der Waals surface area contributed by atoms with E-state index in [4.69, 9.17) is 15.0 Å². The van der Waals surface area contributed by atoms with E-state index in [0.717, 1.165) is 22.3 Å². The SMILES string of the molecule is CC(C)(C)OC(=O)C[C@H](CN=[N+]=[N-])NC(=O)OCC1c2ccccc2-c2ccccc21. The zero-order valence-electron chi connectivity index (χ0n) is 17.9. The number of carbonyl (C=O) groups excluding carboxylic acids is 2. The summed E-state index contributed by atoms with van der Waals surface area (Å²) in [6, 6.07) is 15.4. The summed E-state index contributed by atoms with van der Waals surface area (Å²) >= 11 is 0. The first kappa shape index (κ1) is 22.2. The summed E-state index contributed by atoms with van der Waals surface area (Å²) in [5.41, 5.74) is 12.4. The van der Waals surface area contributed by atoms with Crippen molar-refractivity contribution in [3.05, 3.63) is 70.1 Å². The van der Waals surface area contributed by atoms with E-state index in [2.05, 4.69) is 27.5 Å². The lowest BCUT2D eigenvalue weighted by atomic mass is 9.98. The van der Waals surface area contributed by atoms with Crippen LogP contribution in [0.5, 0.6) is 0 Å². The van der Waals surface area contributed by atoms with Crippen molar-refractivity contribution < 1.29 is 19.1 Å². The number of hydrogen-bond acceptors (Lipinski definition) is 5. The summed E-state index contributed by atoms with van der Waals surface area (Å²) in [5, 5.41) is 6.09. The molecule has 8 nitrogen and oxygen atoms in total. The van der Waals surface area contributed by atoms with E-state index in [-0.39, 0.29) is 25.5 Å². The number of fused-ring (bicyclic) bond motifs is 3. The van der Waals surface area contributed by atoms with Crippen LogP contribution in [0.3, 0.4) is 0 Å². The van der Waals surface area contributed by atoms with Crippen LogP contribution in [-0.2, 0) is 14.3 Å². The number of benzene rings is 2. The molecule has 0 unspecified atom stereocenters. The van der Waals surface area contributed by atoms with Crippen LogP contribution in [0.15, 0.2) is 53.6 Å². The molecule has 1 aliphatic carbocycles. The van der Waals surface area contributed by atoms with Crippen molar-refractivity contribution in [1.82, 2.24) is 5.32 Å². The molecule has 2 aromatic carbocycles. The van der Waals surface area contributed by atoms with Gasteiger partial charge >= 0.3 is 12.1 Å². The van der Waals surface area contributed by atoms with Crippen LogP contribution >= 0.6 is 0 Å². The van der Waals surface area contributed by atoms with Crippen molar-refractivity contribution in [2.75, 3.05) is 13.2 Å². The highest BCUT2D eigenvalue weighted by Gasteiger charge is 2.29. The molecule has 0 aromatic heterocycles. The Hall–Kier alpha value is -3.51. The maximum atomic E-state index is 12.4. The molecule has 0 fully saturated rings. The van der Waals surface area contributed by atoms with Gasteiger partial charge in [-0.2, -0.15) is 0 Å². The number of nitrogens with one attached hydrogen (secondary N) is 1. The zero-order valence-corrected chi connectivity index (χ0v) is 17.9. The fourth-order valence-corrected chi connectivity index (χ4v) is 3.69. The average molecular weight is 422 g/mol. The van der Waals surface area contributed by atoms with Gasteiger partial charge in [-0.25, -0.2) is 4.79 Å². The number of hydrogen-bond donors (Lipinski definition) is 1. The Morgan fingerprint density at radius 1 is 1.10 bits per heavy atom. The van der Waals surface area contributed by atoms with Crippen LogP contribution in [0.25, 0.3) is 21.6 Å². The Morgan fingerprint density at radius 3 is 2.23 bits per heavy atom. The number of amides is 1. The van der Waals surface area contributed by atoms with E-state index in [1.807, 2.05) is 36.4 Å². The van der Waals surface area contributed by atoms with Crippen LogP contribution in [0.1, 0.15) is 44.2 Å². The van der Waals surface area contributed by atoms with E-state index in [0.29, 0.717) is 0 Å². The lowest BCUT2D eigenvalue weighted by Gasteiger charge is -2.22. The van der Waals surface area contributed by atoms with E-state index in [1.54, 1.807) is 20.8 Å². The predicted molar refractivity (Wildman–Crippen MR) is 116 cm³/mol. The molecule has 0 radical (unpaired) electrons. The Bertz CT molecular complexity index is 963. The molecule has 0 bridgehead atoms. The van der Waals surface area contributed by atoms with Gasteiger partial charge in [0.2, 0.25) is 0 Å². The number of nitrogens with zero attached hydrogens (tertiary/aromatic N) is 3. The topological polar surface area (TPSA) is 113 Å². The monoisotopic (exact) mass is 422 g/mol. The molecule has 1 atom stereocenters. The quantitative estimate of drug-likeness (QED) is 0.295. The second kappa shape index (κ2) is 9.53. The first-order valence-corrected chi connectivity index (χ1v) is 10.1. The highest BCUT2D eigenvalue weighted by molar-refractivity contribution is 5.79. The number of alkyl carbamates (subject to hydrolysis) is 1. The van der Waals surface area contributed by atoms with Crippen molar-refractivity contribution in [3.8, 4) is 11.1 Å². The molecule has 0 aliphatic heterocycles. The molecule has 0 spiro atoms. The molecule has 1 N–H and O–H groups in total. The largest absolute Gasteiger partial charge is 0.460 e. The molecular weight excluding hydrogens is 396 g/mol. The van der Waals surface area contributed by atoms with Gasteiger partial charge in [0.05, 0.1) is 6.42 Å². The summed E-state index contributed by atoms with van der Waals surface area (Å²) in [5.74, 6) is -0.566. The zero-order chi connectivity index (χ0) is 22.4. The minimum absolute atomic E-state index is 0.0698. The second-order valence-corrected chi connectivity index (χ2v) is 8.37. The third kappa shape index (κ3) is 5.77. The fourth-order valence-electron chi connectivity index (χ4n) is 3.69. The Balaban J connectivity index is 1.64. The van der Waals surface area contributed by atoms with Gasteiger partial charge in [-0.05, 0) is 48.6 Å². The van der Waals surface area contributed by atoms with Crippen molar-refractivity contribution in [2.24, 2.45) is 5.11 Å². The minimum atomic E-state index is -0.721. The number of carbonyl (C=O) groups is 2. The smallest absolute Gasteiger partial charge is 0.407 e. The highest BCUT2D eigenvalue weighted by Crippen LogP contribution is 2.44. The van der Waals surface area contributed by atoms with Gasteiger partial charge in [-0.3, -0.25) is 4.79 Å². The third-order valence-electron chi connectivity index (χ3n) is 4.86. The maximum Gasteiger partial charge on any atom is 0.407 e. The van der Waals surface area contributed by atoms with Gasteiger partial charge in [0.1, 0.15) is 12.2 Å². The van der Waals surface area contributed by atoms with Crippen molar-refractivity contribution in [3.63, 3.8) is 0 Å². The van der Waals surface area contributed by atoms with Gasteiger partial charge in [-0.1, -0.05) is 53.6 Å². The molecule has 162 valence electrons. The van der Waals surface area contributed by atoms with E-state index in [9.17, 15) is 9.59 Å². The van der Waals surface area contributed by atoms with Crippen molar-refractivity contribution in [1.29, 1.82) is 0 Å². The van der Waals surface area contributed by atoms with E-state index in [1.165, 1.54) is 0 Å². The van der Waals surface area contributed by atoms with Crippen molar-refractivity contribution >= 4 is 12.1 Å². The lowest BCUT2D eigenvalue weighted by Crippen LogP contribution is -2.40. The molecule has 1 amide bonds. The van der Waals surface area contributed by atoms with Gasteiger partial charge in [-0.15, -0.1) is 0 Å². The van der Waals surface area contributed by atoms with Crippen molar-refractivity contribution in [2.45, 2.75) is 44.8 Å². The Morgan fingerprint density at radius 2 is 1.68 bits per heavy atom. The number of rotatable bonds is 7. The Kier molecular flexibility index (Phi) is 6.82. The summed E-state index contributed by atoms with van der Waals surface area (Å²) in [6.45, 7) is 5.34. The first-order valence-electron chi connectivity index (χ1n) is 10.1. The molecule has 0 saturated carbocycles. The number of azide groups is 1. The average Bonchev–Trinajstić information content (AvgIpc) is 3.03. The molecule has 3 rings (SSSR count). The predicted octanol–water partition coefficient (Wildman–Crippen LogP) is 4.94. The van der Waals surface area contributed by atoms with Gasteiger partial charge in [0.25, 0.3) is 0 Å². The standard InChI is InChI=1S/C23H26N4O4/c1-23(2,3)31-21(28)12-15(13-25-27-24)26-22(29)30-14-20-18-10-6-4-8-16(18)17-9-5-7-11-19(17)20/h4-11,15,20H,12-14H2,1-3H3,(H,26,29)/t15-/m1/s1. The summed E-state index contributed by atoms with van der Waals surface area (Å²) in [4.78, 5) is 27.3. The number of esters is 1. The Labute approximate surface area is 181 Å². The summed E-state index contributed by atoms with van der Waals surface area (Å²) in [7, 11) is 0. The van der Waals surface area contributed by atoms with Gasteiger partial charge in [0.15, 0.2) is 0 Å². The highest BCUT2D eigenvalue weighted by atomic mass is 16.6. The molecule has 0 heterocycles. The van der Waals surface area contributed by atoms with Crippen LogP contribution in [0, 0.1) is 0 Å². The van der Waals surface area contributed by atoms with Crippen LogP contribution in [0.4, 0.5) is 4.79 Å². The molecule has 1 aliphatic rings. The molecular formula is C23H26N4O4. The van der Waals surface area contributed by atoms with Gasteiger partial charge in [0, 0.05) is 23.4 Å². The van der Waals surface area contributed by atoms with E-state index < -0.39 is 23.7 Å². The normalized spacial score (nSPS) is 13.4. The summed E-state index contributed by atoms with van der Waals surface area (Å²) < 4.78 is 10.8.